The summed E-state index contributed by atoms with van der Waals surface area (Å²) in [6.07, 6.45) is 4.05. The van der Waals surface area contributed by atoms with Crippen molar-refractivity contribution in [2.45, 2.75) is 65.9 Å². The van der Waals surface area contributed by atoms with E-state index in [4.69, 9.17) is 9.47 Å². The number of carbonyl (C=O) groups is 1. The summed E-state index contributed by atoms with van der Waals surface area (Å²) in [5.41, 5.74) is -0.0220. The van der Waals surface area contributed by atoms with Crippen LogP contribution in [0.25, 0.3) is 0 Å². The summed E-state index contributed by atoms with van der Waals surface area (Å²) in [5, 5.41) is 2.99. The van der Waals surface area contributed by atoms with Gasteiger partial charge in [-0.1, -0.05) is 33.6 Å². The number of amides is 1. The molecule has 0 bridgehead atoms. The van der Waals surface area contributed by atoms with Gasteiger partial charge in [-0.2, -0.15) is 0 Å². The van der Waals surface area contributed by atoms with Gasteiger partial charge in [-0.15, -0.1) is 0 Å². The smallest absolute Gasteiger partial charge is 0.256 e. The average Bonchev–Trinajstić information content (AvgIpc) is 2.67. The van der Waals surface area contributed by atoms with Crippen molar-refractivity contribution in [3.05, 3.63) is 24.3 Å². The van der Waals surface area contributed by atoms with Crippen LogP contribution in [-0.4, -0.2) is 49.3 Å². The number of rotatable bonds is 11. The van der Waals surface area contributed by atoms with Gasteiger partial charge in [0.15, 0.2) is 0 Å². The monoisotopic (exact) mass is 404 g/mol. The molecule has 0 aromatic heterocycles. The third-order valence-corrected chi connectivity index (χ3v) is 5.68. The molecule has 1 aromatic rings. The van der Waals surface area contributed by atoms with Crippen LogP contribution in [0, 0.1) is 11.8 Å². The first-order valence-corrected chi connectivity index (χ1v) is 11.3. The Morgan fingerprint density at radius 1 is 1.17 bits per heavy atom. The van der Waals surface area contributed by atoms with Gasteiger partial charge in [-0.25, -0.2) is 0 Å². The van der Waals surface area contributed by atoms with Crippen LogP contribution in [0.3, 0.4) is 0 Å². The minimum atomic E-state index is -0.789. The lowest BCUT2D eigenvalue weighted by Crippen LogP contribution is -2.42. The second-order valence-corrected chi connectivity index (χ2v) is 8.80. The van der Waals surface area contributed by atoms with E-state index in [9.17, 15) is 4.79 Å². The molecule has 2 rings (SSSR count). The Labute approximate surface area is 177 Å². The molecule has 0 radical (unpaired) electrons. The first-order valence-electron chi connectivity index (χ1n) is 11.3. The van der Waals surface area contributed by atoms with Crippen molar-refractivity contribution in [2.24, 2.45) is 11.8 Å². The second-order valence-electron chi connectivity index (χ2n) is 8.80. The Balaban J connectivity index is 1.82. The maximum absolute atomic E-state index is 12.7. The van der Waals surface area contributed by atoms with Gasteiger partial charge in [-0.05, 0) is 62.8 Å². The highest BCUT2D eigenvalue weighted by Crippen LogP contribution is 2.23. The molecule has 5 heteroatoms. The number of hydrogen-bond donors (Lipinski definition) is 1. The number of benzene rings is 1. The van der Waals surface area contributed by atoms with E-state index in [1.165, 1.54) is 6.42 Å². The predicted molar refractivity (Wildman–Crippen MR) is 120 cm³/mol. The topological polar surface area (TPSA) is 50.8 Å². The molecular formula is C24H40N2O3. The van der Waals surface area contributed by atoms with E-state index in [0.29, 0.717) is 13.2 Å². The fourth-order valence-corrected chi connectivity index (χ4v) is 4.25. The third-order valence-electron chi connectivity index (χ3n) is 5.68. The molecule has 1 saturated heterocycles. The molecule has 1 aliphatic heterocycles. The molecule has 29 heavy (non-hydrogen) atoms. The van der Waals surface area contributed by atoms with Crippen LogP contribution in [0.1, 0.15) is 60.3 Å². The van der Waals surface area contributed by atoms with E-state index in [0.717, 1.165) is 62.2 Å². The van der Waals surface area contributed by atoms with Gasteiger partial charge in [0.05, 0.1) is 0 Å². The molecule has 0 spiro atoms. The summed E-state index contributed by atoms with van der Waals surface area (Å²) >= 11 is 0. The number of likely N-dealkylation sites (tertiary alicyclic amines) is 1. The molecule has 0 unspecified atom stereocenters. The zero-order chi connectivity index (χ0) is 21.3. The van der Waals surface area contributed by atoms with E-state index in [1.807, 2.05) is 38.1 Å². The Morgan fingerprint density at radius 2 is 1.83 bits per heavy atom. The lowest BCUT2D eigenvalue weighted by Gasteiger charge is -2.34. The van der Waals surface area contributed by atoms with Crippen molar-refractivity contribution >= 4 is 11.6 Å². The minimum absolute atomic E-state index is 0.0881. The Bertz CT molecular complexity index is 609. The predicted octanol–water partition coefficient (Wildman–Crippen LogP) is 4.97. The number of hydrogen-bond acceptors (Lipinski definition) is 4. The highest BCUT2D eigenvalue weighted by Gasteiger charge is 2.33. The SMILES string of the molecule is CCCC[C@@](C)(OCC)C(=O)Nc1ccc(OCCN2C[C@H](C)C[C@H](C)C2)cc1. The second kappa shape index (κ2) is 11.6. The van der Waals surface area contributed by atoms with E-state index in [-0.39, 0.29) is 5.91 Å². The number of ether oxygens (including phenoxy) is 2. The van der Waals surface area contributed by atoms with Gasteiger partial charge in [0.25, 0.3) is 5.91 Å². The van der Waals surface area contributed by atoms with E-state index >= 15 is 0 Å². The average molecular weight is 405 g/mol. The van der Waals surface area contributed by atoms with E-state index < -0.39 is 5.60 Å². The molecule has 1 amide bonds. The van der Waals surface area contributed by atoms with E-state index in [2.05, 4.69) is 31.0 Å². The Morgan fingerprint density at radius 3 is 2.41 bits per heavy atom. The van der Waals surface area contributed by atoms with Crippen LogP contribution in [0.15, 0.2) is 24.3 Å². The zero-order valence-corrected chi connectivity index (χ0v) is 19.0. The fourth-order valence-electron chi connectivity index (χ4n) is 4.25. The van der Waals surface area contributed by atoms with Crippen molar-refractivity contribution < 1.29 is 14.3 Å². The number of nitrogens with one attached hydrogen (secondary N) is 1. The summed E-state index contributed by atoms with van der Waals surface area (Å²) in [6, 6.07) is 7.62. The third kappa shape index (κ3) is 7.63. The molecule has 164 valence electrons. The van der Waals surface area contributed by atoms with Gasteiger partial charge in [0, 0.05) is 31.9 Å². The number of unbranched alkanes of at least 4 members (excludes halogenated alkanes) is 1. The van der Waals surface area contributed by atoms with Crippen molar-refractivity contribution in [3.8, 4) is 5.75 Å². The molecule has 1 aliphatic rings. The van der Waals surface area contributed by atoms with Gasteiger partial charge in [0.1, 0.15) is 18.0 Å². The Hall–Kier alpha value is -1.59. The van der Waals surface area contributed by atoms with Crippen molar-refractivity contribution in [1.82, 2.24) is 4.90 Å². The standard InChI is InChI=1S/C24H40N2O3/c1-6-8-13-24(5,29-7-2)23(27)25-21-9-11-22(12-10-21)28-15-14-26-17-19(3)16-20(4)18-26/h9-12,19-20H,6-8,13-18H2,1-5H3,(H,25,27)/t19-,20+,24-/m1/s1. The molecule has 1 aromatic carbocycles. The molecular weight excluding hydrogens is 364 g/mol. The lowest BCUT2D eigenvalue weighted by molar-refractivity contribution is -0.139. The maximum Gasteiger partial charge on any atom is 0.256 e. The summed E-state index contributed by atoms with van der Waals surface area (Å²) in [6.45, 7) is 15.1. The first kappa shape index (κ1) is 23.7. The highest BCUT2D eigenvalue weighted by atomic mass is 16.5. The summed E-state index contributed by atoms with van der Waals surface area (Å²) < 4.78 is 11.7. The highest BCUT2D eigenvalue weighted by molar-refractivity contribution is 5.97. The van der Waals surface area contributed by atoms with Crippen molar-refractivity contribution in [1.29, 1.82) is 0 Å². The number of nitrogens with zero attached hydrogens (tertiary/aromatic N) is 1. The maximum atomic E-state index is 12.7. The minimum Gasteiger partial charge on any atom is -0.492 e. The number of carbonyl (C=O) groups excluding carboxylic acids is 1. The summed E-state index contributed by atoms with van der Waals surface area (Å²) in [7, 11) is 0. The largest absolute Gasteiger partial charge is 0.492 e. The first-order chi connectivity index (χ1) is 13.9. The zero-order valence-electron chi connectivity index (χ0n) is 19.0. The fraction of sp³-hybridized carbons (Fsp3) is 0.708. The van der Waals surface area contributed by atoms with Gasteiger partial charge < -0.3 is 14.8 Å². The van der Waals surface area contributed by atoms with Crippen molar-refractivity contribution in [2.75, 3.05) is 38.2 Å². The van der Waals surface area contributed by atoms with Gasteiger partial charge in [-0.3, -0.25) is 9.69 Å². The number of piperidine rings is 1. The lowest BCUT2D eigenvalue weighted by atomic mass is 9.92. The molecule has 0 aliphatic carbocycles. The van der Waals surface area contributed by atoms with E-state index in [1.54, 1.807) is 0 Å². The summed E-state index contributed by atoms with van der Waals surface area (Å²) in [5.74, 6) is 2.28. The van der Waals surface area contributed by atoms with Crippen LogP contribution in [0.5, 0.6) is 5.75 Å². The normalized spacial score (nSPS) is 22.1. The van der Waals surface area contributed by atoms with Crippen LogP contribution in [0.4, 0.5) is 5.69 Å². The summed E-state index contributed by atoms with van der Waals surface area (Å²) in [4.78, 5) is 15.2. The molecule has 1 N–H and O–H groups in total. The van der Waals surface area contributed by atoms with Crippen LogP contribution < -0.4 is 10.1 Å². The molecule has 0 saturated carbocycles. The van der Waals surface area contributed by atoms with Crippen LogP contribution in [-0.2, 0) is 9.53 Å². The molecule has 3 atom stereocenters. The Kier molecular flexibility index (Phi) is 9.44. The molecule has 1 fully saturated rings. The quantitative estimate of drug-likeness (QED) is 0.566. The van der Waals surface area contributed by atoms with Gasteiger partial charge >= 0.3 is 0 Å². The van der Waals surface area contributed by atoms with Crippen LogP contribution >= 0.6 is 0 Å². The van der Waals surface area contributed by atoms with Crippen molar-refractivity contribution in [3.63, 3.8) is 0 Å². The van der Waals surface area contributed by atoms with Gasteiger partial charge in [0.2, 0.25) is 0 Å². The van der Waals surface area contributed by atoms with Crippen LogP contribution in [0.2, 0.25) is 0 Å². The number of anilines is 1. The molecule has 5 nitrogen and oxygen atoms in total. The molecule has 1 heterocycles.